The molecule has 146 valence electrons. The highest BCUT2D eigenvalue weighted by molar-refractivity contribution is 7.99. The van der Waals surface area contributed by atoms with Crippen LogP contribution < -0.4 is 12.4 Å². The zero-order chi connectivity index (χ0) is 19.3. The van der Waals surface area contributed by atoms with Crippen LogP contribution in [0.25, 0.3) is 0 Å². The third-order valence-corrected chi connectivity index (χ3v) is 8.41. The van der Waals surface area contributed by atoms with Crippen LogP contribution in [0.4, 0.5) is 0 Å². The second-order valence-corrected chi connectivity index (χ2v) is 9.98. The molecule has 0 saturated carbocycles. The molecule has 0 N–H and O–H groups in total. The molecule has 0 spiro atoms. The van der Waals surface area contributed by atoms with Crippen molar-refractivity contribution in [3.63, 3.8) is 0 Å². The van der Waals surface area contributed by atoms with E-state index in [9.17, 15) is 0 Å². The molecule has 5 heteroatoms. The first-order valence-electron chi connectivity index (χ1n) is 8.79. The number of rotatable bonds is 5. The first-order valence-corrected chi connectivity index (χ1v) is 11.6. The molecule has 0 aliphatic heterocycles. The summed E-state index contributed by atoms with van der Waals surface area (Å²) in [5.74, 6) is 0. The average molecular weight is 476 g/mol. The van der Waals surface area contributed by atoms with Crippen LogP contribution in [0, 0.1) is 0 Å². The van der Waals surface area contributed by atoms with Gasteiger partial charge in [-0.2, -0.15) is 0 Å². The molecular formula is C24H17Cl3S2. The van der Waals surface area contributed by atoms with E-state index in [0.29, 0.717) is 0 Å². The van der Waals surface area contributed by atoms with Gasteiger partial charge < -0.3 is 12.4 Å². The molecule has 0 fully saturated rings. The second kappa shape index (κ2) is 10.5. The normalized spacial score (nSPS) is 11.5. The van der Waals surface area contributed by atoms with Gasteiger partial charge in [0.1, 0.15) is 10.9 Å². The highest BCUT2D eigenvalue weighted by Gasteiger charge is 2.30. The smallest absolute Gasteiger partial charge is 0.185 e. The van der Waals surface area contributed by atoms with Crippen molar-refractivity contribution in [2.45, 2.75) is 24.5 Å². The highest BCUT2D eigenvalue weighted by atomic mass is 35.5. The van der Waals surface area contributed by atoms with Crippen LogP contribution in [-0.4, -0.2) is 0 Å². The highest BCUT2D eigenvalue weighted by Crippen LogP contribution is 2.37. The van der Waals surface area contributed by atoms with Crippen molar-refractivity contribution in [3.8, 4) is 0 Å². The molecular weight excluding hydrogens is 459 g/mol. The van der Waals surface area contributed by atoms with Gasteiger partial charge >= 0.3 is 0 Å². The topological polar surface area (TPSA) is 0 Å². The number of halogens is 3. The molecule has 0 aromatic heterocycles. The van der Waals surface area contributed by atoms with Crippen LogP contribution in [0.15, 0.2) is 128 Å². The Kier molecular flexibility index (Phi) is 7.99. The lowest BCUT2D eigenvalue weighted by Gasteiger charge is -2.10. The van der Waals surface area contributed by atoms with Crippen molar-refractivity contribution in [1.82, 2.24) is 0 Å². The molecule has 0 saturated heterocycles. The van der Waals surface area contributed by atoms with E-state index in [1.54, 1.807) is 11.8 Å². The minimum Gasteiger partial charge on any atom is -1.00 e. The van der Waals surface area contributed by atoms with Crippen molar-refractivity contribution in [2.75, 3.05) is 0 Å². The monoisotopic (exact) mass is 474 g/mol. The largest absolute Gasteiger partial charge is 1.00 e. The van der Waals surface area contributed by atoms with E-state index < -0.39 is 0 Å². The molecule has 0 radical (unpaired) electrons. The predicted molar refractivity (Wildman–Crippen MR) is 122 cm³/mol. The van der Waals surface area contributed by atoms with E-state index in [1.165, 1.54) is 9.79 Å². The summed E-state index contributed by atoms with van der Waals surface area (Å²) in [7, 11) is -0.253. The Morgan fingerprint density at radius 1 is 0.552 bits per heavy atom. The van der Waals surface area contributed by atoms with Crippen LogP contribution in [0.5, 0.6) is 0 Å². The van der Waals surface area contributed by atoms with Crippen LogP contribution in [0.1, 0.15) is 0 Å². The van der Waals surface area contributed by atoms with Gasteiger partial charge in [-0.3, -0.25) is 0 Å². The summed E-state index contributed by atoms with van der Waals surface area (Å²) in [5, 5.41) is 1.57. The van der Waals surface area contributed by atoms with Crippen LogP contribution in [-0.2, 0) is 10.9 Å². The number of hydrogen-bond donors (Lipinski definition) is 0. The standard InChI is InChI=1S/C24H17Cl2S2.ClH/c25-21-10-4-6-12-23(21)27-18-14-16-20(17-15-18)28(19-8-2-1-3-9-19)24-13-7-5-11-22(24)26;/h1-17H;1H/q+1;/p-1. The SMILES string of the molecule is Clc1ccccc1Sc1ccc([S+](c2ccccc2)c2ccccc2Cl)cc1.[Cl-]. The first kappa shape index (κ1) is 22.1. The van der Waals surface area contributed by atoms with Crippen molar-refractivity contribution < 1.29 is 12.4 Å². The summed E-state index contributed by atoms with van der Waals surface area (Å²) in [6, 6.07) is 35.2. The second-order valence-electron chi connectivity index (χ2n) is 6.05. The summed E-state index contributed by atoms with van der Waals surface area (Å²) < 4.78 is 0. The average Bonchev–Trinajstić information content (AvgIpc) is 2.73. The minimum atomic E-state index is -0.253. The molecule has 4 aromatic rings. The maximum Gasteiger partial charge on any atom is 0.185 e. The molecule has 0 amide bonds. The quantitative estimate of drug-likeness (QED) is 0.356. The molecule has 0 bridgehead atoms. The minimum absolute atomic E-state index is 0. The Morgan fingerprint density at radius 3 is 1.76 bits per heavy atom. The Morgan fingerprint density at radius 2 is 1.10 bits per heavy atom. The van der Waals surface area contributed by atoms with Crippen LogP contribution in [0.3, 0.4) is 0 Å². The van der Waals surface area contributed by atoms with Gasteiger partial charge in [-0.25, -0.2) is 0 Å². The van der Waals surface area contributed by atoms with Gasteiger partial charge in [-0.15, -0.1) is 0 Å². The molecule has 0 aliphatic carbocycles. The van der Waals surface area contributed by atoms with Crippen molar-refractivity contribution in [2.24, 2.45) is 0 Å². The van der Waals surface area contributed by atoms with Gasteiger partial charge in [0.15, 0.2) is 14.7 Å². The molecule has 29 heavy (non-hydrogen) atoms. The summed E-state index contributed by atoms with van der Waals surface area (Å²) in [4.78, 5) is 5.85. The summed E-state index contributed by atoms with van der Waals surface area (Å²) in [6.45, 7) is 0. The van der Waals surface area contributed by atoms with Gasteiger partial charge in [0, 0.05) is 9.79 Å². The molecule has 4 rings (SSSR count). The maximum atomic E-state index is 6.56. The number of benzene rings is 4. The Bertz CT molecular complexity index is 1070. The Hall–Kier alpha value is -1.55. The lowest BCUT2D eigenvalue weighted by atomic mass is 10.3. The van der Waals surface area contributed by atoms with E-state index >= 15 is 0 Å². The third-order valence-electron chi connectivity index (χ3n) is 4.16. The van der Waals surface area contributed by atoms with Crippen molar-refractivity contribution in [3.05, 3.63) is 113 Å². The Balaban J connectivity index is 0.00000240. The fourth-order valence-electron chi connectivity index (χ4n) is 2.86. The predicted octanol–water partition coefficient (Wildman–Crippen LogP) is 5.24. The molecule has 0 nitrogen and oxygen atoms in total. The van der Waals surface area contributed by atoms with Gasteiger partial charge in [-0.1, -0.05) is 77.4 Å². The van der Waals surface area contributed by atoms with Crippen LogP contribution in [0.2, 0.25) is 10.0 Å². The molecule has 1 atom stereocenters. The first-order chi connectivity index (χ1) is 13.7. The van der Waals surface area contributed by atoms with Crippen molar-refractivity contribution in [1.29, 1.82) is 0 Å². The number of hydrogen-bond acceptors (Lipinski definition) is 1. The molecule has 0 aliphatic rings. The van der Waals surface area contributed by atoms with Gasteiger partial charge in [0.25, 0.3) is 0 Å². The van der Waals surface area contributed by atoms with Gasteiger partial charge in [-0.05, 0) is 60.7 Å². The molecule has 4 aromatic carbocycles. The third kappa shape index (κ3) is 5.33. The lowest BCUT2D eigenvalue weighted by molar-refractivity contribution is -0.00000524. The lowest BCUT2D eigenvalue weighted by Crippen LogP contribution is -3.00. The van der Waals surface area contributed by atoms with E-state index in [4.69, 9.17) is 23.2 Å². The summed E-state index contributed by atoms with van der Waals surface area (Å²) in [5.41, 5.74) is 0. The fourth-order valence-corrected chi connectivity index (χ4v) is 6.41. The van der Waals surface area contributed by atoms with E-state index in [-0.39, 0.29) is 23.3 Å². The van der Waals surface area contributed by atoms with E-state index in [2.05, 4.69) is 54.6 Å². The molecule has 1 unspecified atom stereocenters. The van der Waals surface area contributed by atoms with Gasteiger partial charge in [0.05, 0.1) is 10.0 Å². The maximum absolute atomic E-state index is 6.56. The molecule has 0 heterocycles. The zero-order valence-electron chi connectivity index (χ0n) is 15.3. The summed E-state index contributed by atoms with van der Waals surface area (Å²) >= 11 is 14.5. The van der Waals surface area contributed by atoms with Crippen molar-refractivity contribution >= 4 is 45.9 Å². The fraction of sp³-hybridized carbons (Fsp3) is 0. The van der Waals surface area contributed by atoms with E-state index in [0.717, 1.165) is 24.7 Å². The van der Waals surface area contributed by atoms with Gasteiger partial charge in [0.2, 0.25) is 0 Å². The van der Waals surface area contributed by atoms with E-state index in [1.807, 2.05) is 48.5 Å². The summed E-state index contributed by atoms with van der Waals surface area (Å²) in [6.07, 6.45) is 0. The zero-order valence-corrected chi connectivity index (χ0v) is 19.2. The Labute approximate surface area is 195 Å². The van der Waals surface area contributed by atoms with Crippen LogP contribution >= 0.6 is 35.0 Å².